The zero-order chi connectivity index (χ0) is 13.4. The molecule has 6 nitrogen and oxygen atoms in total. The molecule has 0 aliphatic carbocycles. The van der Waals surface area contributed by atoms with Crippen molar-refractivity contribution in [1.82, 2.24) is 5.32 Å². The average molecular weight is 508 g/mol. The molecule has 0 spiro atoms. The minimum absolute atomic E-state index is 0. The zero-order valence-electron chi connectivity index (χ0n) is 10.0. The van der Waals surface area contributed by atoms with E-state index in [2.05, 4.69) is 5.32 Å². The summed E-state index contributed by atoms with van der Waals surface area (Å²) in [6.07, 6.45) is 1.82. The first-order chi connectivity index (χ1) is 8.63. The van der Waals surface area contributed by atoms with Crippen molar-refractivity contribution in [2.75, 3.05) is 13.2 Å². The van der Waals surface area contributed by atoms with E-state index in [0.29, 0.717) is 18.9 Å². The van der Waals surface area contributed by atoms with Gasteiger partial charge < -0.3 is 25.7 Å². The Balaban J connectivity index is 0.00000324. The molecule has 0 saturated carbocycles. The van der Waals surface area contributed by atoms with Gasteiger partial charge in [-0.05, 0) is 24.1 Å². The monoisotopic (exact) mass is 508 g/mol. The molecule has 1 aromatic rings. The van der Waals surface area contributed by atoms with Crippen LogP contribution < -0.4 is 15.8 Å². The Morgan fingerprint density at radius 3 is 2.58 bits per heavy atom. The second-order valence-corrected chi connectivity index (χ2v) is 3.67. The minimum atomic E-state index is -1.02. The number of rotatable bonds is 8. The summed E-state index contributed by atoms with van der Waals surface area (Å²) in [4.78, 5) is 20.5. The predicted octanol–water partition coefficient (Wildman–Crippen LogP) is -0.323. The first kappa shape index (κ1) is 15.9. The first-order valence-corrected chi connectivity index (χ1v) is 5.43. The number of nitrogens with one attached hydrogen (secondary N) is 1. The summed E-state index contributed by atoms with van der Waals surface area (Å²) in [7, 11) is 0. The number of carboxylic acid groups (broad SMARTS) is 1. The number of hydrogen-bond acceptors (Lipinski definition) is 4. The van der Waals surface area contributed by atoms with Crippen LogP contribution in [0.3, 0.4) is 0 Å². The molecule has 1 unspecified atom stereocenters. The number of carbonyl (C=O) groups excluding carboxylic acids is 1. The van der Waals surface area contributed by atoms with Gasteiger partial charge in [0, 0.05) is 6.54 Å². The van der Waals surface area contributed by atoms with Crippen molar-refractivity contribution in [2.45, 2.75) is 12.5 Å². The quantitative estimate of drug-likeness (QED) is 0.254. The van der Waals surface area contributed by atoms with Gasteiger partial charge in [-0.2, -0.15) is 6.41 Å². The van der Waals surface area contributed by atoms with Gasteiger partial charge >= 0.3 is 5.97 Å². The van der Waals surface area contributed by atoms with Crippen LogP contribution in [0.1, 0.15) is 5.56 Å². The molecule has 1 rings (SSSR count). The van der Waals surface area contributed by atoms with Crippen LogP contribution >= 0.6 is 0 Å². The fourth-order valence-electron chi connectivity index (χ4n) is 1.33. The summed E-state index contributed by atoms with van der Waals surface area (Å²) in [5.74, 6) is -0.373. The van der Waals surface area contributed by atoms with Gasteiger partial charge in [-0.25, -0.2) is 0 Å². The van der Waals surface area contributed by atoms with Crippen LogP contribution in [0.2, 0.25) is 0 Å². The van der Waals surface area contributed by atoms with Gasteiger partial charge in [-0.15, -0.1) is 0 Å². The number of ether oxygens (including phenoxy) is 1. The van der Waals surface area contributed by atoms with Crippen LogP contribution in [0.4, 0.5) is 0 Å². The van der Waals surface area contributed by atoms with E-state index < -0.39 is 12.0 Å². The molecule has 1 atom stereocenters. The van der Waals surface area contributed by atoms with E-state index in [1.807, 2.05) is 0 Å². The molecule has 0 aliphatic heterocycles. The Morgan fingerprint density at radius 1 is 1.42 bits per heavy atom. The van der Waals surface area contributed by atoms with Crippen molar-refractivity contribution in [3.63, 3.8) is 0 Å². The number of amides is 1. The van der Waals surface area contributed by atoms with Gasteiger partial charge in [0.2, 0.25) is 0 Å². The number of nitrogens with two attached hydrogens (primary N) is 1. The fraction of sp³-hybridized carbons (Fsp3) is 0.333. The Labute approximate surface area is 105 Å². The first-order valence-electron chi connectivity index (χ1n) is 5.43. The molecule has 7 heteroatoms. The SMILES string of the molecule is NC(Cc1ccc(OCCN[C-]=O)cc1)C(=O)O.[Fm]. The molecule has 0 heterocycles. The van der Waals surface area contributed by atoms with E-state index in [-0.39, 0.29) is 6.42 Å². The fourth-order valence-corrected chi connectivity index (χ4v) is 1.33. The Hall–Kier alpha value is -3.08. The van der Waals surface area contributed by atoms with E-state index in [0.717, 1.165) is 5.56 Å². The third-order valence-corrected chi connectivity index (χ3v) is 2.26. The van der Waals surface area contributed by atoms with Crippen molar-refractivity contribution < 1.29 is 19.4 Å². The summed E-state index contributed by atoms with van der Waals surface area (Å²) >= 11 is 0. The number of carboxylic acids is 1. The molecule has 0 saturated heterocycles. The van der Waals surface area contributed by atoms with Crippen molar-refractivity contribution in [3.8, 4) is 5.75 Å². The topological polar surface area (TPSA) is 102 Å². The maximum Gasteiger partial charge on any atom is 0.320 e. The molecule has 0 aliphatic rings. The maximum absolute atomic E-state index is 10.6. The van der Waals surface area contributed by atoms with Crippen molar-refractivity contribution in [1.29, 1.82) is 0 Å². The van der Waals surface area contributed by atoms with Crippen LogP contribution in [0.5, 0.6) is 5.75 Å². The normalized spacial score (nSPS) is 11.0. The van der Waals surface area contributed by atoms with E-state index in [1.165, 1.54) is 0 Å². The molecule has 110 valence electrons. The van der Waals surface area contributed by atoms with Crippen LogP contribution in [-0.2, 0) is 16.0 Å². The second-order valence-electron chi connectivity index (χ2n) is 3.67. The number of benzene rings is 1. The van der Waals surface area contributed by atoms with Gasteiger partial charge in [0.05, 0.1) is 0 Å². The smallest absolute Gasteiger partial charge is 0.320 e. The summed E-state index contributed by atoms with van der Waals surface area (Å²) < 4.78 is 5.33. The number of hydrogen-bond donors (Lipinski definition) is 3. The van der Waals surface area contributed by atoms with Gasteiger partial charge in [0.25, 0.3) is 0 Å². The largest absolute Gasteiger partial charge is 0.527 e. The minimum Gasteiger partial charge on any atom is -0.527 e. The molecule has 4 N–H and O–H groups in total. The van der Waals surface area contributed by atoms with Gasteiger partial charge in [-0.1, -0.05) is 12.1 Å². The van der Waals surface area contributed by atoms with E-state index >= 15 is 0 Å². The molecular weight excluding hydrogens is 493 g/mol. The average Bonchev–Trinajstić information content (AvgIpc) is 2.36. The van der Waals surface area contributed by atoms with E-state index in [1.54, 1.807) is 30.7 Å². The van der Waals surface area contributed by atoms with E-state index in [4.69, 9.17) is 15.6 Å². The Bertz CT molecular complexity index is 397. The zero-order valence-corrected chi connectivity index (χ0v) is 12.4. The van der Waals surface area contributed by atoms with Crippen molar-refractivity contribution >= 4 is 12.4 Å². The third kappa shape index (κ3) is 5.69. The molecule has 0 radical (unpaired) electrons. The third-order valence-electron chi connectivity index (χ3n) is 2.26. The number of aliphatic carboxylic acids is 1. The molecule has 1 aromatic carbocycles. The number of carbonyl (C=O) groups is 1. The van der Waals surface area contributed by atoms with Crippen molar-refractivity contribution in [2.24, 2.45) is 5.73 Å². The maximum atomic E-state index is 10.6. The Kier molecular flexibility index (Phi) is 6.77. The molecule has 1 amide bonds. The van der Waals surface area contributed by atoms with Crippen LogP contribution in [0.25, 0.3) is 0 Å². The summed E-state index contributed by atoms with van der Waals surface area (Å²) in [6, 6.07) is 6.09. The molecule has 0 fully saturated rings. The standard InChI is InChI=1S/C12H15N2O4.Fm/c13-11(12(16)17)7-9-1-3-10(4-2-9)18-6-5-14-8-15;/h1-4,11H,5-7,13H2,(H,14,15)(H,16,17);/q-1;. The summed E-state index contributed by atoms with van der Waals surface area (Å²) in [6.45, 7) is 0.734. The van der Waals surface area contributed by atoms with Gasteiger partial charge in [0.1, 0.15) is 18.4 Å². The van der Waals surface area contributed by atoms with Crippen LogP contribution in [0.15, 0.2) is 24.3 Å². The van der Waals surface area contributed by atoms with Gasteiger partial charge in [-0.3, -0.25) is 4.79 Å². The summed E-state index contributed by atoms with van der Waals surface area (Å²) in [5, 5.41) is 11.0. The molecule has 19 heavy (non-hydrogen) atoms. The molecule has 0 aromatic heterocycles. The van der Waals surface area contributed by atoms with Gasteiger partial charge in [0.15, 0.2) is 0 Å². The van der Waals surface area contributed by atoms with Crippen molar-refractivity contribution in [3.05, 3.63) is 29.8 Å². The predicted molar refractivity (Wildman–Crippen MR) is 64.9 cm³/mol. The van der Waals surface area contributed by atoms with E-state index in [9.17, 15) is 9.59 Å². The Morgan fingerprint density at radius 2 is 2.05 bits per heavy atom. The van der Waals surface area contributed by atoms with Crippen LogP contribution in [-0.4, -0.2) is 36.7 Å². The summed E-state index contributed by atoms with van der Waals surface area (Å²) in [5.41, 5.74) is 6.25. The second kappa shape index (κ2) is 8.08. The molecular formula is C12H15FmN2O4-. The molecule has 0 bridgehead atoms. The van der Waals surface area contributed by atoms with Crippen LogP contribution in [0, 0.1) is 0 Å².